The minimum absolute atomic E-state index is 0.0179. The third-order valence-corrected chi connectivity index (χ3v) is 5.77. The fourth-order valence-corrected chi connectivity index (χ4v) is 4.20. The molecule has 1 saturated heterocycles. The molecule has 1 aliphatic heterocycles. The predicted molar refractivity (Wildman–Crippen MR) is 113 cm³/mol. The lowest BCUT2D eigenvalue weighted by molar-refractivity contribution is 0.102. The molecular weight excluding hydrogens is 410 g/mol. The van der Waals surface area contributed by atoms with E-state index in [1.54, 1.807) is 6.20 Å². The molecule has 156 valence electrons. The molecule has 0 saturated carbocycles. The van der Waals surface area contributed by atoms with Crippen molar-refractivity contribution in [3.05, 3.63) is 53.9 Å². The highest BCUT2D eigenvalue weighted by molar-refractivity contribution is 7.11. The Balaban J connectivity index is 1.62. The highest BCUT2D eigenvalue weighted by atomic mass is 32.1. The van der Waals surface area contributed by atoms with E-state index in [-0.39, 0.29) is 28.7 Å². The van der Waals surface area contributed by atoms with Crippen LogP contribution in [0.15, 0.2) is 36.5 Å². The topological polar surface area (TPSA) is 110 Å². The smallest absolute Gasteiger partial charge is 0.276 e. The van der Waals surface area contributed by atoms with Gasteiger partial charge in [-0.3, -0.25) is 4.79 Å². The summed E-state index contributed by atoms with van der Waals surface area (Å²) in [5.41, 5.74) is 12.1. The maximum Gasteiger partial charge on any atom is 0.276 e. The van der Waals surface area contributed by atoms with E-state index in [0.29, 0.717) is 12.2 Å². The highest BCUT2D eigenvalue weighted by Gasteiger charge is 2.23. The zero-order valence-electron chi connectivity index (χ0n) is 15.9. The number of hydrogen-bond acceptors (Lipinski definition) is 7. The van der Waals surface area contributed by atoms with Crippen LogP contribution in [-0.2, 0) is 0 Å². The monoisotopic (exact) mass is 430 g/mol. The number of pyridine rings is 1. The molecule has 30 heavy (non-hydrogen) atoms. The number of nitrogens with zero attached hydrogens (tertiary/aromatic N) is 3. The van der Waals surface area contributed by atoms with Gasteiger partial charge in [-0.05, 0) is 48.6 Å². The van der Waals surface area contributed by atoms with E-state index in [0.717, 1.165) is 36.5 Å². The van der Waals surface area contributed by atoms with Gasteiger partial charge in [0.25, 0.3) is 5.91 Å². The number of nitrogens with one attached hydrogen (secondary N) is 1. The van der Waals surface area contributed by atoms with Crippen molar-refractivity contribution in [1.29, 1.82) is 0 Å². The molecule has 1 aliphatic rings. The molecule has 4 rings (SSSR count). The Kier molecular flexibility index (Phi) is 5.60. The molecule has 3 heterocycles. The molecule has 10 heteroatoms. The van der Waals surface area contributed by atoms with Crippen molar-refractivity contribution in [3.63, 3.8) is 0 Å². The lowest BCUT2D eigenvalue weighted by Crippen LogP contribution is -2.42. The van der Waals surface area contributed by atoms with Crippen LogP contribution in [-0.4, -0.2) is 34.4 Å². The number of carbonyl (C=O) groups is 1. The molecule has 0 aliphatic carbocycles. The Bertz CT molecular complexity index is 1070. The average molecular weight is 430 g/mol. The summed E-state index contributed by atoms with van der Waals surface area (Å²) < 4.78 is 32.4. The first-order valence-corrected chi connectivity index (χ1v) is 10.2. The number of nitrogens with two attached hydrogens (primary N) is 2. The molecule has 0 radical (unpaired) electrons. The summed E-state index contributed by atoms with van der Waals surface area (Å²) in [6.07, 6.45) is 3.46. The largest absolute Gasteiger partial charge is 0.397 e. The lowest BCUT2D eigenvalue weighted by atomic mass is 10.1. The van der Waals surface area contributed by atoms with E-state index >= 15 is 0 Å². The molecule has 7 nitrogen and oxygen atoms in total. The summed E-state index contributed by atoms with van der Waals surface area (Å²) in [5.74, 6) is -2.14. The van der Waals surface area contributed by atoms with Gasteiger partial charge in [-0.15, -0.1) is 0 Å². The zero-order chi connectivity index (χ0) is 21.3. The maximum atomic E-state index is 14.1. The van der Waals surface area contributed by atoms with Gasteiger partial charge in [0, 0.05) is 19.1 Å². The first-order valence-electron chi connectivity index (χ1n) is 9.41. The van der Waals surface area contributed by atoms with E-state index in [4.69, 9.17) is 11.5 Å². The van der Waals surface area contributed by atoms with Gasteiger partial charge in [-0.2, -0.15) is 4.37 Å². The number of amides is 1. The molecule has 0 bridgehead atoms. The second kappa shape index (κ2) is 8.33. The molecule has 1 unspecified atom stereocenters. The van der Waals surface area contributed by atoms with E-state index < -0.39 is 17.5 Å². The fourth-order valence-electron chi connectivity index (χ4n) is 3.46. The number of hydrogen-bond donors (Lipinski definition) is 3. The lowest BCUT2D eigenvalue weighted by Gasteiger charge is -2.31. The van der Waals surface area contributed by atoms with Crippen LogP contribution < -0.4 is 21.7 Å². The van der Waals surface area contributed by atoms with Crippen LogP contribution in [0.5, 0.6) is 0 Å². The molecule has 0 spiro atoms. The first kappa shape index (κ1) is 20.2. The van der Waals surface area contributed by atoms with Crippen LogP contribution in [0.3, 0.4) is 0 Å². The van der Waals surface area contributed by atoms with Gasteiger partial charge in [-0.25, -0.2) is 13.8 Å². The molecule has 5 N–H and O–H groups in total. The summed E-state index contributed by atoms with van der Waals surface area (Å²) >= 11 is 1.26. The summed E-state index contributed by atoms with van der Waals surface area (Å²) in [7, 11) is 0. The summed E-state index contributed by atoms with van der Waals surface area (Å²) in [4.78, 5) is 19.1. The first-order chi connectivity index (χ1) is 14.4. The number of carbonyl (C=O) groups excluding carboxylic acids is 1. The predicted octanol–water partition coefficient (Wildman–Crippen LogP) is 3.25. The molecular formula is C20H20F2N6OS. The second-order valence-corrected chi connectivity index (χ2v) is 7.86. The van der Waals surface area contributed by atoms with Gasteiger partial charge in [0.2, 0.25) is 0 Å². The Hall–Kier alpha value is -3.11. The molecule has 3 aromatic rings. The molecule has 2 aromatic heterocycles. The van der Waals surface area contributed by atoms with Crippen LogP contribution in [0.2, 0.25) is 0 Å². The number of benzene rings is 1. The van der Waals surface area contributed by atoms with Gasteiger partial charge in [0.15, 0.2) is 5.69 Å². The van der Waals surface area contributed by atoms with E-state index in [2.05, 4.69) is 19.6 Å². The van der Waals surface area contributed by atoms with Crippen LogP contribution in [0, 0.1) is 11.6 Å². The van der Waals surface area contributed by atoms with Crippen molar-refractivity contribution in [1.82, 2.24) is 9.36 Å². The molecule has 1 atom stereocenters. The standard InChI is InChI=1S/C20H20F2N6OS/c21-12-4-1-5-13(22)17(12)15-7-6-14(24)18(26-15)19(29)27-16-9-25-30-20(16)28-8-2-3-11(23)10-28/h1,4-7,9,11H,2-3,8,10,23-24H2,(H,27,29). The highest BCUT2D eigenvalue weighted by Crippen LogP contribution is 2.33. The maximum absolute atomic E-state index is 14.1. The Morgan fingerprint density at radius 2 is 2.00 bits per heavy atom. The van der Waals surface area contributed by atoms with E-state index in [1.165, 1.54) is 29.7 Å². The van der Waals surface area contributed by atoms with Crippen LogP contribution in [0.1, 0.15) is 23.3 Å². The Morgan fingerprint density at radius 1 is 1.23 bits per heavy atom. The molecule has 1 amide bonds. The number of rotatable bonds is 4. The Labute approximate surface area is 175 Å². The SMILES string of the molecule is Nc1ccc(-c2c(F)cccc2F)nc1C(=O)Nc1cnsc1N1CCCC(N)C1. The average Bonchev–Trinajstić information content (AvgIpc) is 3.17. The number of halogens is 2. The number of nitrogen functional groups attached to an aromatic ring is 1. The minimum Gasteiger partial charge on any atom is -0.397 e. The van der Waals surface area contributed by atoms with Crippen molar-refractivity contribution in [3.8, 4) is 11.3 Å². The van der Waals surface area contributed by atoms with Crippen molar-refractivity contribution in [2.45, 2.75) is 18.9 Å². The van der Waals surface area contributed by atoms with Crippen LogP contribution in [0.25, 0.3) is 11.3 Å². The summed E-state index contributed by atoms with van der Waals surface area (Å²) in [6.45, 7) is 1.49. The molecule has 1 aromatic carbocycles. The Morgan fingerprint density at radius 3 is 2.73 bits per heavy atom. The summed E-state index contributed by atoms with van der Waals surface area (Å²) in [5, 5.41) is 3.56. The normalized spacial score (nSPS) is 16.5. The third kappa shape index (κ3) is 3.96. The second-order valence-electron chi connectivity index (χ2n) is 7.08. The zero-order valence-corrected chi connectivity index (χ0v) is 16.8. The van der Waals surface area contributed by atoms with Crippen molar-refractivity contribution < 1.29 is 13.6 Å². The summed E-state index contributed by atoms with van der Waals surface area (Å²) in [6, 6.07) is 6.36. The van der Waals surface area contributed by atoms with Crippen molar-refractivity contribution >= 4 is 33.8 Å². The van der Waals surface area contributed by atoms with Crippen molar-refractivity contribution in [2.24, 2.45) is 5.73 Å². The van der Waals surface area contributed by atoms with Gasteiger partial charge < -0.3 is 21.7 Å². The number of aromatic nitrogens is 2. The van der Waals surface area contributed by atoms with E-state index in [1.807, 2.05) is 0 Å². The quantitative estimate of drug-likeness (QED) is 0.586. The molecule has 1 fully saturated rings. The fraction of sp³-hybridized carbons (Fsp3) is 0.250. The van der Waals surface area contributed by atoms with Crippen LogP contribution in [0.4, 0.5) is 25.2 Å². The van der Waals surface area contributed by atoms with Gasteiger partial charge in [0.1, 0.15) is 16.6 Å². The van der Waals surface area contributed by atoms with E-state index in [9.17, 15) is 13.6 Å². The van der Waals surface area contributed by atoms with Gasteiger partial charge >= 0.3 is 0 Å². The van der Waals surface area contributed by atoms with Crippen LogP contribution >= 0.6 is 11.5 Å². The van der Waals surface area contributed by atoms with Gasteiger partial charge in [0.05, 0.1) is 28.8 Å². The van der Waals surface area contributed by atoms with Crippen molar-refractivity contribution in [2.75, 3.05) is 29.0 Å². The third-order valence-electron chi connectivity index (χ3n) is 4.91. The van der Waals surface area contributed by atoms with Gasteiger partial charge in [-0.1, -0.05) is 6.07 Å². The number of anilines is 3. The number of piperidine rings is 1. The minimum atomic E-state index is -0.774.